The SMILES string of the molecule is C=CC(=O)OCCSC#N. The second-order valence-electron chi connectivity index (χ2n) is 1.31. The average molecular weight is 157 g/mol. The van der Waals surface area contributed by atoms with Gasteiger partial charge in [-0.2, -0.15) is 5.26 Å². The van der Waals surface area contributed by atoms with Crippen LogP contribution in [0.1, 0.15) is 0 Å². The third-order valence-corrected chi connectivity index (χ3v) is 1.16. The summed E-state index contributed by atoms with van der Waals surface area (Å²) >= 11 is 1.05. The van der Waals surface area contributed by atoms with Crippen molar-refractivity contribution in [3.63, 3.8) is 0 Å². The fraction of sp³-hybridized carbons (Fsp3) is 0.333. The molecule has 0 saturated carbocycles. The van der Waals surface area contributed by atoms with Gasteiger partial charge in [0.1, 0.15) is 12.0 Å². The van der Waals surface area contributed by atoms with Gasteiger partial charge in [-0.25, -0.2) is 4.79 Å². The van der Waals surface area contributed by atoms with Crippen LogP contribution in [-0.4, -0.2) is 18.3 Å². The highest BCUT2D eigenvalue weighted by molar-refractivity contribution is 8.03. The van der Waals surface area contributed by atoms with Crippen LogP contribution >= 0.6 is 11.8 Å². The van der Waals surface area contributed by atoms with E-state index in [2.05, 4.69) is 11.3 Å². The van der Waals surface area contributed by atoms with Crippen LogP contribution in [-0.2, 0) is 9.53 Å². The van der Waals surface area contributed by atoms with Gasteiger partial charge in [-0.3, -0.25) is 0 Å². The van der Waals surface area contributed by atoms with Crippen molar-refractivity contribution in [3.8, 4) is 5.40 Å². The number of thioether (sulfide) groups is 1. The summed E-state index contributed by atoms with van der Waals surface area (Å²) in [6.07, 6.45) is 1.09. The number of hydrogen-bond acceptors (Lipinski definition) is 4. The van der Waals surface area contributed by atoms with Gasteiger partial charge in [-0.1, -0.05) is 6.58 Å². The molecule has 0 aromatic carbocycles. The number of nitrogens with zero attached hydrogens (tertiary/aromatic N) is 1. The topological polar surface area (TPSA) is 50.1 Å². The summed E-state index contributed by atoms with van der Waals surface area (Å²) in [6, 6.07) is 0. The maximum absolute atomic E-state index is 10.3. The summed E-state index contributed by atoms with van der Waals surface area (Å²) in [4.78, 5) is 10.3. The number of thiocyanates is 1. The van der Waals surface area contributed by atoms with Gasteiger partial charge < -0.3 is 4.74 Å². The number of esters is 1. The van der Waals surface area contributed by atoms with E-state index in [1.807, 2.05) is 5.40 Å². The highest BCUT2D eigenvalue weighted by Gasteiger charge is 1.93. The lowest BCUT2D eigenvalue weighted by atomic mass is 10.6. The Hall–Kier alpha value is -0.950. The molecule has 0 fully saturated rings. The summed E-state index contributed by atoms with van der Waals surface area (Å²) in [5, 5.41) is 9.90. The van der Waals surface area contributed by atoms with Crippen molar-refractivity contribution in [1.82, 2.24) is 0 Å². The van der Waals surface area contributed by atoms with E-state index in [1.54, 1.807) is 0 Å². The van der Waals surface area contributed by atoms with Crippen LogP contribution in [0.25, 0.3) is 0 Å². The summed E-state index contributed by atoms with van der Waals surface area (Å²) in [5.41, 5.74) is 0. The summed E-state index contributed by atoms with van der Waals surface area (Å²) in [5.74, 6) is 0.0642. The monoisotopic (exact) mass is 157 g/mol. The molecule has 3 nitrogen and oxygen atoms in total. The molecule has 0 spiro atoms. The van der Waals surface area contributed by atoms with Crippen LogP contribution in [0.2, 0.25) is 0 Å². The largest absolute Gasteiger partial charge is 0.462 e. The van der Waals surface area contributed by atoms with Crippen molar-refractivity contribution in [3.05, 3.63) is 12.7 Å². The van der Waals surface area contributed by atoms with Crippen molar-refractivity contribution in [2.24, 2.45) is 0 Å². The molecular formula is C6H7NO2S. The molecule has 0 aliphatic carbocycles. The van der Waals surface area contributed by atoms with Crippen LogP contribution in [0.3, 0.4) is 0 Å². The minimum absolute atomic E-state index is 0.267. The van der Waals surface area contributed by atoms with Crippen LogP contribution in [0, 0.1) is 10.7 Å². The number of nitriles is 1. The molecule has 0 aliphatic rings. The second kappa shape index (κ2) is 6.17. The molecule has 0 aromatic rings. The van der Waals surface area contributed by atoms with Gasteiger partial charge >= 0.3 is 5.97 Å². The zero-order chi connectivity index (χ0) is 7.82. The molecule has 0 atom stereocenters. The lowest BCUT2D eigenvalue weighted by molar-refractivity contribution is -0.137. The molecule has 0 bridgehead atoms. The maximum atomic E-state index is 10.3. The molecule has 0 aromatic heterocycles. The second-order valence-corrected chi connectivity index (χ2v) is 2.19. The van der Waals surface area contributed by atoms with E-state index in [0.717, 1.165) is 17.8 Å². The Morgan fingerprint density at radius 2 is 2.60 bits per heavy atom. The Morgan fingerprint density at radius 3 is 3.10 bits per heavy atom. The van der Waals surface area contributed by atoms with Crippen LogP contribution in [0.4, 0.5) is 0 Å². The van der Waals surface area contributed by atoms with E-state index in [4.69, 9.17) is 5.26 Å². The van der Waals surface area contributed by atoms with Gasteiger partial charge in [-0.05, 0) is 11.8 Å². The summed E-state index contributed by atoms with van der Waals surface area (Å²) in [6.45, 7) is 3.48. The molecular weight excluding hydrogens is 150 g/mol. The first kappa shape index (κ1) is 9.05. The zero-order valence-corrected chi connectivity index (χ0v) is 6.19. The van der Waals surface area contributed by atoms with E-state index in [0.29, 0.717) is 5.75 Å². The Morgan fingerprint density at radius 1 is 1.90 bits per heavy atom. The Labute approximate surface area is 63.7 Å². The molecule has 0 heterocycles. The summed E-state index contributed by atoms with van der Waals surface area (Å²) in [7, 11) is 0. The van der Waals surface area contributed by atoms with E-state index in [-0.39, 0.29) is 6.61 Å². The molecule has 54 valence electrons. The Balaban J connectivity index is 3.13. The van der Waals surface area contributed by atoms with Gasteiger partial charge in [0.2, 0.25) is 0 Å². The quantitative estimate of drug-likeness (QED) is 0.263. The third-order valence-electron chi connectivity index (χ3n) is 0.661. The summed E-state index contributed by atoms with van der Waals surface area (Å²) < 4.78 is 4.56. The molecule has 0 unspecified atom stereocenters. The predicted octanol–water partition coefficient (Wildman–Crippen LogP) is 0.930. The predicted molar refractivity (Wildman–Crippen MR) is 39.2 cm³/mol. The molecule has 10 heavy (non-hydrogen) atoms. The van der Waals surface area contributed by atoms with Crippen molar-refractivity contribution in [1.29, 1.82) is 5.26 Å². The average Bonchev–Trinajstić information content (AvgIpc) is 1.98. The molecule has 0 amide bonds. The lowest BCUT2D eigenvalue weighted by Gasteiger charge is -1.96. The molecule has 4 heteroatoms. The number of ether oxygens (including phenoxy) is 1. The zero-order valence-electron chi connectivity index (χ0n) is 5.37. The van der Waals surface area contributed by atoms with Crippen LogP contribution in [0.5, 0.6) is 0 Å². The minimum atomic E-state index is -0.446. The standard InChI is InChI=1S/C6H7NO2S/c1-2-6(8)9-3-4-10-5-7/h2H,1,3-4H2. The van der Waals surface area contributed by atoms with Gasteiger partial charge in [0.15, 0.2) is 0 Å². The fourth-order valence-electron chi connectivity index (χ4n) is 0.288. The van der Waals surface area contributed by atoms with E-state index < -0.39 is 5.97 Å². The molecule has 0 N–H and O–H groups in total. The van der Waals surface area contributed by atoms with E-state index in [1.165, 1.54) is 0 Å². The van der Waals surface area contributed by atoms with Gasteiger partial charge in [0, 0.05) is 11.8 Å². The highest BCUT2D eigenvalue weighted by Crippen LogP contribution is 1.94. The van der Waals surface area contributed by atoms with Crippen molar-refractivity contribution in [2.45, 2.75) is 0 Å². The highest BCUT2D eigenvalue weighted by atomic mass is 32.2. The van der Waals surface area contributed by atoms with Gasteiger partial charge in [0.25, 0.3) is 0 Å². The molecule has 0 radical (unpaired) electrons. The fourth-order valence-corrected chi connectivity index (χ4v) is 0.546. The number of carbonyl (C=O) groups is 1. The van der Waals surface area contributed by atoms with E-state index in [9.17, 15) is 4.79 Å². The first-order valence-corrected chi connectivity index (χ1v) is 3.60. The maximum Gasteiger partial charge on any atom is 0.330 e. The number of hydrogen-bond donors (Lipinski definition) is 0. The Bertz CT molecular complexity index is 162. The molecule has 0 saturated heterocycles. The van der Waals surface area contributed by atoms with E-state index >= 15 is 0 Å². The van der Waals surface area contributed by atoms with Crippen LogP contribution < -0.4 is 0 Å². The van der Waals surface area contributed by atoms with Crippen molar-refractivity contribution < 1.29 is 9.53 Å². The van der Waals surface area contributed by atoms with Gasteiger partial charge in [0.05, 0.1) is 0 Å². The molecule has 0 aliphatic heterocycles. The van der Waals surface area contributed by atoms with Crippen molar-refractivity contribution >= 4 is 17.7 Å². The minimum Gasteiger partial charge on any atom is -0.462 e. The number of rotatable bonds is 4. The normalized spacial score (nSPS) is 7.90. The van der Waals surface area contributed by atoms with Crippen LogP contribution in [0.15, 0.2) is 12.7 Å². The molecule has 0 rings (SSSR count). The van der Waals surface area contributed by atoms with Gasteiger partial charge in [-0.15, -0.1) is 0 Å². The first-order valence-electron chi connectivity index (χ1n) is 2.61. The number of carbonyl (C=O) groups excluding carboxylic acids is 1. The lowest BCUT2D eigenvalue weighted by Crippen LogP contribution is -2.02. The smallest absolute Gasteiger partial charge is 0.330 e. The first-order chi connectivity index (χ1) is 4.81. The Kier molecular flexibility index (Phi) is 5.59. The van der Waals surface area contributed by atoms with Crippen molar-refractivity contribution in [2.75, 3.05) is 12.4 Å². The third kappa shape index (κ3) is 5.19.